The molecule has 0 unspecified atom stereocenters. The zero-order valence-corrected chi connectivity index (χ0v) is 9.65. The molecule has 0 aromatic heterocycles. The minimum atomic E-state index is 1.22. The van der Waals surface area contributed by atoms with Gasteiger partial charge in [-0.25, -0.2) is 0 Å². The summed E-state index contributed by atoms with van der Waals surface area (Å²) in [6.45, 7) is 2.16. The second-order valence-electron chi connectivity index (χ2n) is 2.35. The van der Waals surface area contributed by atoms with Crippen molar-refractivity contribution in [1.82, 2.24) is 0 Å². The van der Waals surface area contributed by atoms with Crippen molar-refractivity contribution in [1.29, 1.82) is 0 Å². The molecule has 1 N–H and O–H groups in total. The molecule has 0 spiro atoms. The number of hydrogen-bond donors (Lipinski definition) is 1. The minimum absolute atomic E-state index is 1.22. The number of benzene rings is 1. The Balaban J connectivity index is 3.12. The number of rotatable bonds is 2. The van der Waals surface area contributed by atoms with Crippen LogP contribution in [0.4, 0.5) is 5.69 Å². The molecule has 0 aliphatic carbocycles. The van der Waals surface area contributed by atoms with E-state index < -0.39 is 0 Å². The summed E-state index contributed by atoms with van der Waals surface area (Å²) in [5.74, 6) is 0. The van der Waals surface area contributed by atoms with Crippen LogP contribution in [0.3, 0.4) is 0 Å². The van der Waals surface area contributed by atoms with Crippen molar-refractivity contribution in [3.63, 3.8) is 0 Å². The van der Waals surface area contributed by atoms with Gasteiger partial charge in [0.1, 0.15) is 0 Å². The molecule has 1 aromatic rings. The third-order valence-corrected chi connectivity index (χ3v) is 2.37. The Morgan fingerprint density at radius 3 is 2.45 bits per heavy atom. The van der Waals surface area contributed by atoms with Crippen molar-refractivity contribution in [2.24, 2.45) is 0 Å². The molecule has 0 heterocycles. The first-order valence-electron chi connectivity index (χ1n) is 3.53. The number of nitrogens with one attached hydrogen (secondary N) is 1. The third-order valence-electron chi connectivity index (χ3n) is 1.58. The van der Waals surface area contributed by atoms with Gasteiger partial charge < -0.3 is 0 Å². The summed E-state index contributed by atoms with van der Waals surface area (Å²) in [6, 6.07) is 8.37. The van der Waals surface area contributed by atoms with Crippen LogP contribution in [0.1, 0.15) is 12.5 Å². The van der Waals surface area contributed by atoms with E-state index >= 15 is 0 Å². The van der Waals surface area contributed by atoms with Crippen LogP contribution in [-0.2, 0) is 19.4 Å². The van der Waals surface area contributed by atoms with Gasteiger partial charge in [0, 0.05) is 0 Å². The molecule has 0 aliphatic heterocycles. The van der Waals surface area contributed by atoms with Crippen LogP contribution in [0, 0.1) is 0 Å². The van der Waals surface area contributed by atoms with Gasteiger partial charge >= 0.3 is 78.1 Å². The SMILES string of the molecule is CNc1ccccc1[C](C)=[W]. The first kappa shape index (κ1) is 8.67. The van der Waals surface area contributed by atoms with E-state index in [4.69, 9.17) is 0 Å². The summed E-state index contributed by atoms with van der Waals surface area (Å²) in [5.41, 5.74) is 2.56. The molecule has 1 aromatic carbocycles. The number of anilines is 1. The Bertz CT molecular complexity index is 268. The normalized spacial score (nSPS) is 9.27. The van der Waals surface area contributed by atoms with Gasteiger partial charge in [0.25, 0.3) is 0 Å². The van der Waals surface area contributed by atoms with Gasteiger partial charge in [-0.3, -0.25) is 0 Å². The topological polar surface area (TPSA) is 12.0 Å². The monoisotopic (exact) mass is 317 g/mol. The zero-order chi connectivity index (χ0) is 8.27. The molecule has 0 amide bonds. The van der Waals surface area contributed by atoms with Crippen molar-refractivity contribution in [3.05, 3.63) is 29.8 Å². The van der Waals surface area contributed by atoms with Crippen LogP contribution in [0.2, 0.25) is 0 Å². The number of hydrogen-bond acceptors (Lipinski definition) is 1. The van der Waals surface area contributed by atoms with Crippen LogP contribution >= 0.6 is 0 Å². The van der Waals surface area contributed by atoms with Crippen molar-refractivity contribution < 1.29 is 19.4 Å². The summed E-state index contributed by atoms with van der Waals surface area (Å²) in [6.07, 6.45) is 0. The zero-order valence-electron chi connectivity index (χ0n) is 6.72. The Morgan fingerprint density at radius 2 is 2.00 bits per heavy atom. The summed E-state index contributed by atoms with van der Waals surface area (Å²) in [4.78, 5) is 0. The molecule has 58 valence electrons. The molecule has 1 nitrogen and oxygen atoms in total. The molecular weight excluding hydrogens is 306 g/mol. The van der Waals surface area contributed by atoms with Crippen molar-refractivity contribution in [2.45, 2.75) is 6.92 Å². The van der Waals surface area contributed by atoms with Crippen molar-refractivity contribution in [3.8, 4) is 0 Å². The van der Waals surface area contributed by atoms with Gasteiger partial charge in [-0.1, -0.05) is 0 Å². The van der Waals surface area contributed by atoms with E-state index in [2.05, 4.69) is 30.4 Å². The molecular formula is C9H11NW. The molecule has 0 fully saturated rings. The van der Waals surface area contributed by atoms with Gasteiger partial charge in [-0.05, 0) is 0 Å². The van der Waals surface area contributed by atoms with Gasteiger partial charge in [-0.2, -0.15) is 0 Å². The Morgan fingerprint density at radius 1 is 1.36 bits per heavy atom. The summed E-state index contributed by atoms with van der Waals surface area (Å²) >= 11 is 1.53. The molecule has 1 rings (SSSR count). The predicted octanol–water partition coefficient (Wildman–Crippen LogP) is 1.82. The van der Waals surface area contributed by atoms with E-state index in [9.17, 15) is 0 Å². The molecule has 0 radical (unpaired) electrons. The van der Waals surface area contributed by atoms with Gasteiger partial charge in [0.05, 0.1) is 0 Å². The molecule has 2 heteroatoms. The fraction of sp³-hybridized carbons (Fsp3) is 0.222. The fourth-order valence-electron chi connectivity index (χ4n) is 1.01. The van der Waals surface area contributed by atoms with E-state index in [-0.39, 0.29) is 0 Å². The van der Waals surface area contributed by atoms with Crippen molar-refractivity contribution in [2.75, 3.05) is 12.4 Å². The van der Waals surface area contributed by atoms with E-state index in [1.165, 1.54) is 34.5 Å². The first-order chi connectivity index (χ1) is 5.25. The summed E-state index contributed by atoms with van der Waals surface area (Å²) in [5, 5.41) is 3.17. The van der Waals surface area contributed by atoms with Gasteiger partial charge in [0.2, 0.25) is 0 Å². The molecule has 0 atom stereocenters. The first-order valence-corrected chi connectivity index (χ1v) is 5.00. The average molecular weight is 317 g/mol. The van der Waals surface area contributed by atoms with Crippen LogP contribution < -0.4 is 5.32 Å². The van der Waals surface area contributed by atoms with Crippen LogP contribution in [0.15, 0.2) is 24.3 Å². The Kier molecular flexibility index (Phi) is 3.01. The number of para-hydroxylation sites is 1. The molecule has 0 saturated heterocycles. The van der Waals surface area contributed by atoms with E-state index in [0.29, 0.717) is 0 Å². The predicted molar refractivity (Wildman–Crippen MR) is 45.8 cm³/mol. The van der Waals surface area contributed by atoms with Gasteiger partial charge in [-0.15, -0.1) is 0 Å². The summed E-state index contributed by atoms with van der Waals surface area (Å²) < 4.78 is 1.43. The fourth-order valence-corrected chi connectivity index (χ4v) is 1.65. The Hall–Kier alpha value is -0.422. The standard InChI is InChI=1S/C9H11N.W/c1-3-8-6-4-5-7-9(8)10-2;/h4-7,10H,1-2H3;. The molecule has 0 saturated carbocycles. The van der Waals surface area contributed by atoms with Crippen LogP contribution in [0.5, 0.6) is 0 Å². The van der Waals surface area contributed by atoms with E-state index in [0.717, 1.165) is 0 Å². The second-order valence-corrected chi connectivity index (χ2v) is 4.55. The molecule has 11 heavy (non-hydrogen) atoms. The third kappa shape index (κ3) is 2.00. The maximum absolute atomic E-state index is 3.17. The maximum atomic E-state index is 3.17. The molecule has 0 aliphatic rings. The second kappa shape index (κ2) is 3.82. The van der Waals surface area contributed by atoms with Crippen LogP contribution in [0.25, 0.3) is 0 Å². The van der Waals surface area contributed by atoms with E-state index in [1.807, 2.05) is 13.1 Å². The van der Waals surface area contributed by atoms with Crippen molar-refractivity contribution >= 4 is 9.59 Å². The summed E-state index contributed by atoms with van der Waals surface area (Å²) in [7, 11) is 1.96. The van der Waals surface area contributed by atoms with Crippen LogP contribution in [-0.4, -0.2) is 10.9 Å². The van der Waals surface area contributed by atoms with E-state index in [1.54, 1.807) is 0 Å². The molecule has 0 bridgehead atoms. The van der Waals surface area contributed by atoms with Gasteiger partial charge in [0.15, 0.2) is 0 Å². The quantitative estimate of drug-likeness (QED) is 0.877. The Labute approximate surface area is 78.2 Å². The average Bonchev–Trinajstić information content (AvgIpc) is 2.04.